The van der Waals surface area contributed by atoms with Crippen LogP contribution in [0.1, 0.15) is 10.4 Å². The number of carbonyl (C=O) groups is 2. The zero-order chi connectivity index (χ0) is 24.0. The second-order valence-electron chi connectivity index (χ2n) is 6.72. The zero-order valence-corrected chi connectivity index (χ0v) is 18.1. The lowest BCUT2D eigenvalue weighted by atomic mass is 10.2. The molecule has 0 atom stereocenters. The maximum Gasteiger partial charge on any atom is 0.262 e. The Morgan fingerprint density at radius 3 is 2.33 bits per heavy atom. The summed E-state index contributed by atoms with van der Waals surface area (Å²) < 4.78 is 59.0. The Hall–Kier alpha value is -3.99. The number of hydrogen-bond acceptors (Lipinski definition) is 5. The minimum atomic E-state index is -4.06. The zero-order valence-electron chi connectivity index (χ0n) is 17.3. The fourth-order valence-corrected chi connectivity index (χ4v) is 3.84. The first-order valence-electron chi connectivity index (χ1n) is 9.48. The minimum absolute atomic E-state index is 0.0309. The van der Waals surface area contributed by atoms with E-state index in [1.807, 2.05) is 0 Å². The van der Waals surface area contributed by atoms with Crippen molar-refractivity contribution in [1.29, 1.82) is 0 Å². The highest BCUT2D eigenvalue weighted by Crippen LogP contribution is 2.30. The molecule has 0 aromatic heterocycles. The van der Waals surface area contributed by atoms with E-state index in [1.54, 1.807) is 0 Å². The number of halogens is 2. The van der Waals surface area contributed by atoms with E-state index in [1.165, 1.54) is 43.5 Å². The molecule has 172 valence electrons. The van der Waals surface area contributed by atoms with E-state index in [0.29, 0.717) is 0 Å². The fraction of sp³-hybridized carbons (Fsp3) is 0.0909. The van der Waals surface area contributed by atoms with E-state index in [9.17, 15) is 26.8 Å². The summed E-state index contributed by atoms with van der Waals surface area (Å²) in [7, 11) is -2.72. The topological polar surface area (TPSA) is 114 Å². The van der Waals surface area contributed by atoms with E-state index in [0.717, 1.165) is 30.3 Å². The molecule has 0 aliphatic carbocycles. The Morgan fingerprint density at radius 1 is 0.939 bits per heavy atom. The molecule has 0 unspecified atom stereocenters. The number of amides is 2. The van der Waals surface area contributed by atoms with Gasteiger partial charge in [-0.05, 0) is 60.7 Å². The summed E-state index contributed by atoms with van der Waals surface area (Å²) in [6.45, 7) is -0.405. The molecule has 3 rings (SSSR count). The molecule has 0 aliphatic rings. The first-order chi connectivity index (χ1) is 15.7. The molecule has 0 radical (unpaired) electrons. The summed E-state index contributed by atoms with van der Waals surface area (Å²) in [5, 5.41) is 4.88. The third-order valence-corrected chi connectivity index (χ3v) is 5.73. The Kier molecular flexibility index (Phi) is 7.23. The molecule has 3 aromatic carbocycles. The van der Waals surface area contributed by atoms with Gasteiger partial charge in [0.2, 0.25) is 5.91 Å². The monoisotopic (exact) mass is 475 g/mol. The van der Waals surface area contributed by atoms with Crippen LogP contribution in [0.5, 0.6) is 5.75 Å². The van der Waals surface area contributed by atoms with Crippen molar-refractivity contribution >= 4 is 33.2 Å². The van der Waals surface area contributed by atoms with Crippen molar-refractivity contribution in [3.05, 3.63) is 83.9 Å². The third kappa shape index (κ3) is 6.26. The molecule has 0 heterocycles. The molecular formula is C22H19F2N3O5S. The molecule has 0 spiro atoms. The highest BCUT2D eigenvalue weighted by molar-refractivity contribution is 7.92. The predicted octanol–water partition coefficient (Wildman–Crippen LogP) is 3.14. The number of nitrogens with one attached hydrogen (secondary N) is 3. The Labute approximate surface area is 188 Å². The summed E-state index contributed by atoms with van der Waals surface area (Å²) in [4.78, 5) is 24.1. The van der Waals surface area contributed by atoms with Crippen LogP contribution in [0.4, 0.5) is 20.2 Å². The SMILES string of the molecule is COc1ccc(NC(=O)CNC(=O)c2cccc(F)c2)cc1NS(=O)(=O)c1ccc(F)cc1. The Morgan fingerprint density at radius 2 is 1.67 bits per heavy atom. The molecule has 33 heavy (non-hydrogen) atoms. The number of rotatable bonds is 8. The van der Waals surface area contributed by atoms with Crippen molar-refractivity contribution in [2.75, 3.05) is 23.7 Å². The maximum absolute atomic E-state index is 13.2. The van der Waals surface area contributed by atoms with Gasteiger partial charge in [0.25, 0.3) is 15.9 Å². The summed E-state index contributed by atoms with van der Waals surface area (Å²) in [5.74, 6) is -2.22. The van der Waals surface area contributed by atoms with Crippen LogP contribution in [0, 0.1) is 11.6 Å². The van der Waals surface area contributed by atoms with Crippen LogP contribution in [0.25, 0.3) is 0 Å². The van der Waals surface area contributed by atoms with Gasteiger partial charge in [0.1, 0.15) is 17.4 Å². The highest BCUT2D eigenvalue weighted by Gasteiger charge is 2.18. The highest BCUT2D eigenvalue weighted by atomic mass is 32.2. The molecule has 0 aliphatic heterocycles. The molecule has 0 bridgehead atoms. The summed E-state index contributed by atoms with van der Waals surface area (Å²) >= 11 is 0. The van der Waals surface area contributed by atoms with Crippen LogP contribution in [-0.4, -0.2) is 33.9 Å². The lowest BCUT2D eigenvalue weighted by Gasteiger charge is -2.14. The maximum atomic E-state index is 13.2. The van der Waals surface area contributed by atoms with Crippen LogP contribution in [0.2, 0.25) is 0 Å². The standard InChI is InChI=1S/C22H19F2N3O5S/c1-32-20-10-7-17(12-19(20)27-33(30,31)18-8-5-15(23)6-9-18)26-21(28)13-25-22(29)14-3-2-4-16(24)11-14/h2-12,27H,13H2,1H3,(H,25,29)(H,26,28). The lowest BCUT2D eigenvalue weighted by molar-refractivity contribution is -0.115. The van der Waals surface area contributed by atoms with Crippen LogP contribution >= 0.6 is 0 Å². The van der Waals surface area contributed by atoms with Gasteiger partial charge in [-0.2, -0.15) is 0 Å². The fourth-order valence-electron chi connectivity index (χ4n) is 2.78. The third-order valence-electron chi connectivity index (χ3n) is 4.35. The van der Waals surface area contributed by atoms with Gasteiger partial charge in [-0.15, -0.1) is 0 Å². The number of ether oxygens (including phenoxy) is 1. The average molecular weight is 475 g/mol. The second-order valence-corrected chi connectivity index (χ2v) is 8.40. The predicted molar refractivity (Wildman–Crippen MR) is 118 cm³/mol. The van der Waals surface area contributed by atoms with E-state index in [4.69, 9.17) is 4.74 Å². The Balaban J connectivity index is 1.69. The van der Waals surface area contributed by atoms with Gasteiger partial charge in [-0.25, -0.2) is 17.2 Å². The lowest BCUT2D eigenvalue weighted by Crippen LogP contribution is -2.32. The van der Waals surface area contributed by atoms with Gasteiger partial charge >= 0.3 is 0 Å². The molecule has 2 amide bonds. The van der Waals surface area contributed by atoms with Gasteiger partial charge in [0.05, 0.1) is 24.2 Å². The van der Waals surface area contributed by atoms with Crippen LogP contribution in [0.3, 0.4) is 0 Å². The summed E-state index contributed by atoms with van der Waals surface area (Å²) in [6.07, 6.45) is 0. The van der Waals surface area contributed by atoms with Gasteiger partial charge in [0, 0.05) is 11.3 Å². The van der Waals surface area contributed by atoms with E-state index in [2.05, 4.69) is 15.4 Å². The van der Waals surface area contributed by atoms with Crippen LogP contribution in [0.15, 0.2) is 71.6 Å². The van der Waals surface area contributed by atoms with E-state index < -0.39 is 40.0 Å². The molecule has 11 heteroatoms. The van der Waals surface area contributed by atoms with Crippen molar-refractivity contribution in [1.82, 2.24) is 5.32 Å². The first kappa shape index (κ1) is 23.7. The largest absolute Gasteiger partial charge is 0.495 e. The Bertz CT molecular complexity index is 1280. The van der Waals surface area contributed by atoms with Crippen molar-refractivity contribution in [2.24, 2.45) is 0 Å². The summed E-state index contributed by atoms with van der Waals surface area (Å²) in [5.41, 5.74) is 0.311. The molecule has 3 N–H and O–H groups in total. The van der Waals surface area contributed by atoms with Gasteiger partial charge in [-0.1, -0.05) is 6.07 Å². The molecule has 3 aromatic rings. The smallest absolute Gasteiger partial charge is 0.262 e. The van der Waals surface area contributed by atoms with Crippen molar-refractivity contribution in [2.45, 2.75) is 4.90 Å². The first-order valence-corrected chi connectivity index (χ1v) is 11.0. The molecule has 8 nitrogen and oxygen atoms in total. The molecule has 0 saturated heterocycles. The second kappa shape index (κ2) is 10.1. The number of methoxy groups -OCH3 is 1. The number of benzene rings is 3. The number of carbonyl (C=O) groups excluding carboxylic acids is 2. The van der Waals surface area contributed by atoms with Gasteiger partial charge in [0.15, 0.2) is 0 Å². The molecule has 0 fully saturated rings. The number of anilines is 2. The minimum Gasteiger partial charge on any atom is -0.495 e. The van der Waals surface area contributed by atoms with E-state index >= 15 is 0 Å². The van der Waals surface area contributed by atoms with Crippen molar-refractivity contribution in [3.8, 4) is 5.75 Å². The van der Waals surface area contributed by atoms with Crippen molar-refractivity contribution in [3.63, 3.8) is 0 Å². The normalized spacial score (nSPS) is 10.9. The quantitative estimate of drug-likeness (QED) is 0.463. The molecule has 0 saturated carbocycles. The van der Waals surface area contributed by atoms with Gasteiger partial charge in [-0.3, -0.25) is 14.3 Å². The van der Waals surface area contributed by atoms with Gasteiger partial charge < -0.3 is 15.4 Å². The van der Waals surface area contributed by atoms with Crippen LogP contribution < -0.4 is 20.1 Å². The van der Waals surface area contributed by atoms with Crippen LogP contribution in [-0.2, 0) is 14.8 Å². The molecular weight excluding hydrogens is 456 g/mol. The van der Waals surface area contributed by atoms with E-state index in [-0.39, 0.29) is 27.6 Å². The number of hydrogen-bond donors (Lipinski definition) is 3. The summed E-state index contributed by atoms with van der Waals surface area (Å²) in [6, 6.07) is 13.5. The average Bonchev–Trinajstić information content (AvgIpc) is 2.77. The van der Waals surface area contributed by atoms with Crippen molar-refractivity contribution < 1.29 is 31.5 Å². The number of sulfonamides is 1.